The van der Waals surface area contributed by atoms with Gasteiger partial charge in [-0.1, -0.05) is 12.1 Å². The number of hydrogen-bond donors (Lipinski definition) is 2. The van der Waals surface area contributed by atoms with Gasteiger partial charge in [0, 0.05) is 19.6 Å². The maximum absolute atomic E-state index is 12.6. The molecule has 2 rings (SSSR count). The summed E-state index contributed by atoms with van der Waals surface area (Å²) in [6.45, 7) is 1.33. The maximum Gasteiger partial charge on any atom is 0.416 e. The van der Waals surface area contributed by atoms with Crippen molar-refractivity contribution in [1.29, 1.82) is 0 Å². The molecule has 0 spiro atoms. The fraction of sp³-hybridized carbons (Fsp3) is 0.462. The molecule has 1 aliphatic heterocycles. The van der Waals surface area contributed by atoms with Crippen molar-refractivity contribution in [1.82, 2.24) is 10.2 Å². The Balaban J connectivity index is 2.05. The first-order chi connectivity index (χ1) is 9.36. The second kappa shape index (κ2) is 5.80. The zero-order chi connectivity index (χ0) is 14.8. The first-order valence-electron chi connectivity index (χ1n) is 6.20. The van der Waals surface area contributed by atoms with Gasteiger partial charge in [-0.3, -0.25) is 9.69 Å². The van der Waals surface area contributed by atoms with Gasteiger partial charge < -0.3 is 10.4 Å². The minimum Gasteiger partial charge on any atom is -0.387 e. The Morgan fingerprint density at radius 1 is 1.40 bits per heavy atom. The van der Waals surface area contributed by atoms with Crippen LogP contribution < -0.4 is 5.32 Å². The van der Waals surface area contributed by atoms with Crippen LogP contribution in [0.5, 0.6) is 0 Å². The summed E-state index contributed by atoms with van der Waals surface area (Å²) in [5, 5.41) is 12.7. The molecule has 1 fully saturated rings. The minimum atomic E-state index is -4.43. The van der Waals surface area contributed by atoms with Gasteiger partial charge in [0.05, 0.1) is 18.2 Å². The smallest absolute Gasteiger partial charge is 0.387 e. The highest BCUT2D eigenvalue weighted by Gasteiger charge is 2.31. The van der Waals surface area contributed by atoms with Gasteiger partial charge in [0.1, 0.15) is 0 Å². The van der Waals surface area contributed by atoms with E-state index >= 15 is 0 Å². The van der Waals surface area contributed by atoms with Gasteiger partial charge in [0.25, 0.3) is 0 Å². The van der Waals surface area contributed by atoms with Gasteiger partial charge in [-0.2, -0.15) is 13.2 Å². The largest absolute Gasteiger partial charge is 0.416 e. The van der Waals surface area contributed by atoms with Crippen molar-refractivity contribution in [3.05, 3.63) is 35.4 Å². The molecule has 1 atom stereocenters. The highest BCUT2D eigenvalue weighted by Crippen LogP contribution is 2.30. The number of rotatable bonds is 3. The lowest BCUT2D eigenvalue weighted by molar-refractivity contribution is -0.137. The lowest BCUT2D eigenvalue weighted by Crippen LogP contribution is -2.48. The fourth-order valence-electron chi connectivity index (χ4n) is 2.12. The van der Waals surface area contributed by atoms with Crippen LogP contribution in [0.25, 0.3) is 0 Å². The number of nitrogens with one attached hydrogen (secondary N) is 1. The average molecular weight is 288 g/mol. The zero-order valence-electron chi connectivity index (χ0n) is 10.7. The van der Waals surface area contributed by atoms with Crippen molar-refractivity contribution in [3.63, 3.8) is 0 Å². The van der Waals surface area contributed by atoms with E-state index in [1.807, 2.05) is 0 Å². The molecule has 0 saturated carbocycles. The predicted molar refractivity (Wildman–Crippen MR) is 65.9 cm³/mol. The van der Waals surface area contributed by atoms with Gasteiger partial charge in [0.2, 0.25) is 5.91 Å². The van der Waals surface area contributed by atoms with Gasteiger partial charge in [0.15, 0.2) is 0 Å². The molecule has 110 valence electrons. The molecule has 1 aromatic carbocycles. The summed E-state index contributed by atoms with van der Waals surface area (Å²) >= 11 is 0. The van der Waals surface area contributed by atoms with E-state index in [0.717, 1.165) is 12.1 Å². The Bertz CT molecular complexity index is 491. The van der Waals surface area contributed by atoms with Crippen LogP contribution in [-0.2, 0) is 11.0 Å². The number of β-amino-alcohol motifs (C(OH)–C–C–N with tert-alkyl or cyclic N) is 1. The summed E-state index contributed by atoms with van der Waals surface area (Å²) in [6, 6.07) is 4.62. The molecular weight excluding hydrogens is 273 g/mol. The average Bonchev–Trinajstić information content (AvgIpc) is 2.38. The summed E-state index contributed by atoms with van der Waals surface area (Å²) in [7, 11) is 0. The van der Waals surface area contributed by atoms with E-state index in [2.05, 4.69) is 5.32 Å². The van der Waals surface area contributed by atoms with Crippen molar-refractivity contribution in [2.45, 2.75) is 12.3 Å². The molecule has 2 N–H and O–H groups in total. The fourth-order valence-corrected chi connectivity index (χ4v) is 2.12. The Morgan fingerprint density at radius 3 is 2.80 bits per heavy atom. The Morgan fingerprint density at radius 2 is 2.15 bits per heavy atom. The van der Waals surface area contributed by atoms with E-state index in [4.69, 9.17) is 0 Å². The third kappa shape index (κ3) is 3.71. The van der Waals surface area contributed by atoms with E-state index in [-0.39, 0.29) is 24.6 Å². The molecule has 1 unspecified atom stereocenters. The van der Waals surface area contributed by atoms with Gasteiger partial charge in [-0.15, -0.1) is 0 Å². The van der Waals surface area contributed by atoms with E-state index in [1.54, 1.807) is 4.90 Å². The van der Waals surface area contributed by atoms with Crippen LogP contribution in [0.4, 0.5) is 13.2 Å². The summed E-state index contributed by atoms with van der Waals surface area (Å²) in [6.07, 6.45) is -5.48. The molecule has 0 radical (unpaired) electrons. The van der Waals surface area contributed by atoms with E-state index < -0.39 is 17.8 Å². The van der Waals surface area contributed by atoms with Gasteiger partial charge >= 0.3 is 6.18 Å². The number of halogens is 3. The molecule has 0 aliphatic carbocycles. The van der Waals surface area contributed by atoms with Crippen LogP contribution >= 0.6 is 0 Å². The zero-order valence-corrected chi connectivity index (χ0v) is 10.7. The van der Waals surface area contributed by atoms with E-state index in [0.29, 0.717) is 13.1 Å². The number of aliphatic hydroxyl groups excluding tert-OH is 1. The van der Waals surface area contributed by atoms with Gasteiger partial charge in [-0.25, -0.2) is 0 Å². The monoisotopic (exact) mass is 288 g/mol. The quantitative estimate of drug-likeness (QED) is 0.878. The lowest BCUT2D eigenvalue weighted by atomic mass is 10.0. The van der Waals surface area contributed by atoms with Crippen molar-refractivity contribution < 1.29 is 23.1 Å². The second-order valence-corrected chi connectivity index (χ2v) is 4.72. The maximum atomic E-state index is 12.6. The van der Waals surface area contributed by atoms with Crippen molar-refractivity contribution in [3.8, 4) is 0 Å². The summed E-state index contributed by atoms with van der Waals surface area (Å²) in [4.78, 5) is 12.9. The predicted octanol–water partition coefficient (Wildman–Crippen LogP) is 1.17. The molecule has 20 heavy (non-hydrogen) atoms. The summed E-state index contributed by atoms with van der Waals surface area (Å²) in [5.74, 6) is -0.146. The second-order valence-electron chi connectivity index (χ2n) is 4.72. The number of nitrogens with zero attached hydrogens (tertiary/aromatic N) is 1. The van der Waals surface area contributed by atoms with Crippen molar-refractivity contribution >= 4 is 5.91 Å². The third-order valence-corrected chi connectivity index (χ3v) is 3.15. The summed E-state index contributed by atoms with van der Waals surface area (Å²) < 4.78 is 37.8. The number of carbonyl (C=O) groups excluding carboxylic acids is 1. The molecule has 1 aliphatic rings. The highest BCUT2D eigenvalue weighted by atomic mass is 19.4. The van der Waals surface area contributed by atoms with Crippen LogP contribution in [0.2, 0.25) is 0 Å². The van der Waals surface area contributed by atoms with Crippen molar-refractivity contribution in [2.24, 2.45) is 0 Å². The van der Waals surface area contributed by atoms with Gasteiger partial charge in [-0.05, 0) is 17.7 Å². The highest BCUT2D eigenvalue weighted by molar-refractivity contribution is 5.78. The normalized spacial score (nSPS) is 18.7. The topological polar surface area (TPSA) is 52.6 Å². The standard InChI is InChI=1S/C13H15F3N2O2/c14-13(15,16)10-3-1-2-9(6-10)11(19)7-18-5-4-17-12(20)8-18/h1-3,6,11,19H,4-5,7-8H2,(H,17,20). The van der Waals surface area contributed by atoms with Crippen molar-refractivity contribution in [2.75, 3.05) is 26.2 Å². The Labute approximate surface area is 114 Å². The Kier molecular flexibility index (Phi) is 4.29. The third-order valence-electron chi connectivity index (χ3n) is 3.15. The first-order valence-corrected chi connectivity index (χ1v) is 6.20. The number of alkyl halides is 3. The van der Waals surface area contributed by atoms with Crippen LogP contribution in [0.3, 0.4) is 0 Å². The Hall–Kier alpha value is -1.60. The number of carbonyl (C=O) groups is 1. The molecule has 1 aromatic rings. The minimum absolute atomic E-state index is 0.134. The number of aliphatic hydroxyl groups is 1. The number of piperazine rings is 1. The molecule has 0 aromatic heterocycles. The van der Waals surface area contributed by atoms with Crippen LogP contribution in [0.15, 0.2) is 24.3 Å². The number of benzene rings is 1. The van der Waals surface area contributed by atoms with E-state index in [1.165, 1.54) is 12.1 Å². The number of hydrogen-bond acceptors (Lipinski definition) is 3. The number of amides is 1. The van der Waals surface area contributed by atoms with Crippen LogP contribution in [-0.4, -0.2) is 42.1 Å². The molecule has 4 nitrogen and oxygen atoms in total. The molecule has 7 heteroatoms. The lowest BCUT2D eigenvalue weighted by Gasteiger charge is -2.28. The first kappa shape index (κ1) is 14.8. The molecule has 1 amide bonds. The molecule has 1 heterocycles. The molecule has 1 saturated heterocycles. The SMILES string of the molecule is O=C1CN(CC(O)c2cccc(C(F)(F)F)c2)CCN1. The molecular formula is C13H15F3N2O2. The molecule has 0 bridgehead atoms. The van der Waals surface area contributed by atoms with Crippen LogP contribution in [0, 0.1) is 0 Å². The van der Waals surface area contributed by atoms with Crippen LogP contribution in [0.1, 0.15) is 17.2 Å². The summed E-state index contributed by atoms with van der Waals surface area (Å²) in [5.41, 5.74) is -0.587. The van der Waals surface area contributed by atoms with E-state index in [9.17, 15) is 23.1 Å².